The molecule has 0 amide bonds. The van der Waals surface area contributed by atoms with E-state index in [1.54, 1.807) is 0 Å². The highest BCUT2D eigenvalue weighted by Gasteiger charge is 1.96. The third-order valence-corrected chi connectivity index (χ3v) is 1.40. The van der Waals surface area contributed by atoms with Crippen molar-refractivity contribution in [2.45, 2.75) is 33.1 Å². The summed E-state index contributed by atoms with van der Waals surface area (Å²) in [5.74, 6) is 0.748. The SMILES string of the molecule is C=CCCC(=C)CC(C)C. The first-order valence-electron chi connectivity index (χ1n) is 3.94. The summed E-state index contributed by atoms with van der Waals surface area (Å²) in [4.78, 5) is 0. The molecule has 0 aliphatic heterocycles. The van der Waals surface area contributed by atoms with Gasteiger partial charge in [0.05, 0.1) is 0 Å². The highest BCUT2D eigenvalue weighted by molar-refractivity contribution is 4.96. The van der Waals surface area contributed by atoms with Crippen molar-refractivity contribution in [1.82, 2.24) is 0 Å². The molecule has 0 saturated carbocycles. The van der Waals surface area contributed by atoms with Crippen LogP contribution in [0.3, 0.4) is 0 Å². The van der Waals surface area contributed by atoms with Gasteiger partial charge in [-0.05, 0) is 25.2 Å². The lowest BCUT2D eigenvalue weighted by atomic mass is 10.0. The molecule has 0 bridgehead atoms. The van der Waals surface area contributed by atoms with E-state index in [4.69, 9.17) is 0 Å². The number of hydrogen-bond donors (Lipinski definition) is 0. The molecule has 0 aliphatic carbocycles. The van der Waals surface area contributed by atoms with E-state index >= 15 is 0 Å². The highest BCUT2D eigenvalue weighted by atomic mass is 14.0. The third kappa shape index (κ3) is 5.61. The molecular weight excluding hydrogens is 120 g/mol. The van der Waals surface area contributed by atoms with E-state index in [2.05, 4.69) is 27.0 Å². The second-order valence-corrected chi connectivity index (χ2v) is 3.18. The Kier molecular flexibility index (Phi) is 5.00. The third-order valence-electron chi connectivity index (χ3n) is 1.40. The second-order valence-electron chi connectivity index (χ2n) is 3.18. The van der Waals surface area contributed by atoms with Crippen LogP contribution in [-0.4, -0.2) is 0 Å². The zero-order valence-electron chi connectivity index (χ0n) is 7.19. The van der Waals surface area contributed by atoms with Crippen LogP contribution < -0.4 is 0 Å². The van der Waals surface area contributed by atoms with Crippen LogP contribution in [0, 0.1) is 5.92 Å². The molecule has 0 unspecified atom stereocenters. The van der Waals surface area contributed by atoms with Gasteiger partial charge in [-0.25, -0.2) is 0 Å². The van der Waals surface area contributed by atoms with Gasteiger partial charge in [-0.3, -0.25) is 0 Å². The van der Waals surface area contributed by atoms with Gasteiger partial charge >= 0.3 is 0 Å². The zero-order chi connectivity index (χ0) is 7.98. The first-order valence-corrected chi connectivity index (χ1v) is 3.94. The van der Waals surface area contributed by atoms with Crippen molar-refractivity contribution in [3.63, 3.8) is 0 Å². The second kappa shape index (κ2) is 5.28. The lowest BCUT2D eigenvalue weighted by Gasteiger charge is -2.05. The van der Waals surface area contributed by atoms with E-state index in [0.717, 1.165) is 25.2 Å². The minimum atomic E-state index is 0.748. The molecule has 0 saturated heterocycles. The fraction of sp³-hybridized carbons (Fsp3) is 0.600. The Bertz CT molecular complexity index is 109. The van der Waals surface area contributed by atoms with E-state index in [9.17, 15) is 0 Å². The van der Waals surface area contributed by atoms with Crippen molar-refractivity contribution < 1.29 is 0 Å². The van der Waals surface area contributed by atoms with Gasteiger partial charge in [0.15, 0.2) is 0 Å². The molecule has 0 radical (unpaired) electrons. The topological polar surface area (TPSA) is 0 Å². The van der Waals surface area contributed by atoms with Crippen molar-refractivity contribution in [1.29, 1.82) is 0 Å². The Morgan fingerprint density at radius 2 is 2.10 bits per heavy atom. The molecule has 0 spiro atoms. The molecule has 0 nitrogen and oxygen atoms in total. The summed E-state index contributed by atoms with van der Waals surface area (Å²) >= 11 is 0. The molecule has 0 heterocycles. The van der Waals surface area contributed by atoms with Crippen LogP contribution in [0.5, 0.6) is 0 Å². The van der Waals surface area contributed by atoms with E-state index in [0.29, 0.717) is 0 Å². The Hall–Kier alpha value is -0.520. The summed E-state index contributed by atoms with van der Waals surface area (Å²) in [6.07, 6.45) is 5.30. The first-order chi connectivity index (χ1) is 4.66. The molecule has 0 atom stereocenters. The number of allylic oxidation sites excluding steroid dienone is 2. The van der Waals surface area contributed by atoms with Gasteiger partial charge in [-0.2, -0.15) is 0 Å². The average Bonchev–Trinajstić information content (AvgIpc) is 1.82. The molecule has 0 heteroatoms. The monoisotopic (exact) mass is 138 g/mol. The normalized spacial score (nSPS) is 9.90. The van der Waals surface area contributed by atoms with Gasteiger partial charge in [0.25, 0.3) is 0 Å². The predicted octanol–water partition coefficient (Wildman–Crippen LogP) is 3.55. The fourth-order valence-electron chi connectivity index (χ4n) is 0.986. The lowest BCUT2D eigenvalue weighted by Crippen LogP contribution is -1.89. The quantitative estimate of drug-likeness (QED) is 0.510. The Labute approximate surface area is 64.6 Å². The summed E-state index contributed by atoms with van der Waals surface area (Å²) in [6.45, 7) is 12.1. The Morgan fingerprint density at radius 3 is 2.50 bits per heavy atom. The maximum absolute atomic E-state index is 3.98. The van der Waals surface area contributed by atoms with Crippen molar-refractivity contribution in [2.24, 2.45) is 5.92 Å². The maximum Gasteiger partial charge on any atom is -0.0288 e. The summed E-state index contributed by atoms with van der Waals surface area (Å²) in [5.41, 5.74) is 1.36. The van der Waals surface area contributed by atoms with Gasteiger partial charge in [-0.15, -0.1) is 6.58 Å². The van der Waals surface area contributed by atoms with Crippen LogP contribution in [0.15, 0.2) is 24.8 Å². The molecule has 0 aromatic carbocycles. The molecule has 58 valence electrons. The van der Waals surface area contributed by atoms with Gasteiger partial charge in [-0.1, -0.05) is 32.1 Å². The molecule has 0 aromatic rings. The molecule has 0 fully saturated rings. The number of hydrogen-bond acceptors (Lipinski definition) is 0. The smallest absolute Gasteiger partial charge is 0.0288 e. The van der Waals surface area contributed by atoms with Crippen LogP contribution in [0.2, 0.25) is 0 Å². The van der Waals surface area contributed by atoms with E-state index in [-0.39, 0.29) is 0 Å². The molecule has 0 N–H and O–H groups in total. The van der Waals surface area contributed by atoms with E-state index < -0.39 is 0 Å². The minimum Gasteiger partial charge on any atom is -0.103 e. The van der Waals surface area contributed by atoms with Crippen molar-refractivity contribution in [3.05, 3.63) is 24.8 Å². The van der Waals surface area contributed by atoms with Gasteiger partial charge in [0.2, 0.25) is 0 Å². The predicted molar refractivity (Wildman–Crippen MR) is 48.0 cm³/mol. The highest BCUT2D eigenvalue weighted by Crippen LogP contribution is 2.13. The zero-order valence-corrected chi connectivity index (χ0v) is 7.19. The standard InChI is InChI=1S/C10H18/c1-5-6-7-10(4)8-9(2)3/h5,9H,1,4,6-8H2,2-3H3. The summed E-state index contributed by atoms with van der Waals surface area (Å²) < 4.78 is 0. The molecule has 0 aliphatic rings. The summed E-state index contributed by atoms with van der Waals surface area (Å²) in [7, 11) is 0. The maximum atomic E-state index is 3.98. The minimum absolute atomic E-state index is 0.748. The average molecular weight is 138 g/mol. The molecular formula is C10H18. The Balaban J connectivity index is 3.34. The van der Waals surface area contributed by atoms with E-state index in [1.807, 2.05) is 6.08 Å². The number of rotatable bonds is 5. The van der Waals surface area contributed by atoms with Gasteiger partial charge < -0.3 is 0 Å². The summed E-state index contributed by atoms with van der Waals surface area (Å²) in [5, 5.41) is 0. The van der Waals surface area contributed by atoms with Crippen molar-refractivity contribution in [3.8, 4) is 0 Å². The molecule has 0 aromatic heterocycles. The molecule has 10 heavy (non-hydrogen) atoms. The van der Waals surface area contributed by atoms with Crippen LogP contribution in [0.1, 0.15) is 33.1 Å². The Morgan fingerprint density at radius 1 is 1.50 bits per heavy atom. The van der Waals surface area contributed by atoms with Crippen LogP contribution in [0.25, 0.3) is 0 Å². The lowest BCUT2D eigenvalue weighted by molar-refractivity contribution is 0.627. The molecule has 0 rings (SSSR count). The summed E-state index contributed by atoms with van der Waals surface area (Å²) in [6, 6.07) is 0. The largest absolute Gasteiger partial charge is 0.103 e. The van der Waals surface area contributed by atoms with Gasteiger partial charge in [0.1, 0.15) is 0 Å². The first kappa shape index (κ1) is 9.48. The van der Waals surface area contributed by atoms with Gasteiger partial charge in [0, 0.05) is 0 Å². The van der Waals surface area contributed by atoms with Crippen molar-refractivity contribution in [2.75, 3.05) is 0 Å². The van der Waals surface area contributed by atoms with Crippen LogP contribution in [-0.2, 0) is 0 Å². The van der Waals surface area contributed by atoms with Crippen LogP contribution >= 0.6 is 0 Å². The van der Waals surface area contributed by atoms with Crippen molar-refractivity contribution >= 4 is 0 Å². The van der Waals surface area contributed by atoms with Crippen LogP contribution in [0.4, 0.5) is 0 Å². The van der Waals surface area contributed by atoms with E-state index in [1.165, 1.54) is 5.57 Å². The fourth-order valence-corrected chi connectivity index (χ4v) is 0.986.